The summed E-state index contributed by atoms with van der Waals surface area (Å²) >= 11 is 1.28. The number of imidazole rings is 1. The Morgan fingerprint density at radius 3 is 2.53 bits per heavy atom. The third kappa shape index (κ3) is 3.72. The van der Waals surface area contributed by atoms with E-state index in [0.717, 1.165) is 0 Å². The molecule has 0 radical (unpaired) electrons. The fourth-order valence-corrected chi connectivity index (χ4v) is 5.74. The molecule has 0 saturated carbocycles. The second-order valence-corrected chi connectivity index (χ2v) is 10.7. The number of thiazole rings is 1. The van der Waals surface area contributed by atoms with Crippen LogP contribution < -0.4 is 0 Å². The number of Topliss-reactive ketones (excluding diaryl/α,β-unsaturated/α-hetero) is 1. The van der Waals surface area contributed by atoms with Gasteiger partial charge in [0.1, 0.15) is 22.5 Å². The fourth-order valence-electron chi connectivity index (χ4n) is 4.47. The van der Waals surface area contributed by atoms with Crippen molar-refractivity contribution < 1.29 is 33.8 Å². The molecule has 182 valence electrons. The maximum atomic E-state index is 13.1. The molecule has 0 aliphatic carbocycles. The van der Waals surface area contributed by atoms with Gasteiger partial charge in [-0.2, -0.15) is 0 Å². The number of fused-ring (bicyclic) bond motifs is 2. The summed E-state index contributed by atoms with van der Waals surface area (Å²) in [6.07, 6.45) is 2.40. The van der Waals surface area contributed by atoms with E-state index in [-0.39, 0.29) is 23.3 Å². The number of hydrogen-bond acceptors (Lipinski definition) is 9. The molecule has 11 heteroatoms. The van der Waals surface area contributed by atoms with E-state index in [1.807, 2.05) is 6.92 Å². The van der Waals surface area contributed by atoms with Crippen molar-refractivity contribution in [1.29, 1.82) is 0 Å². The normalized spacial score (nSPS) is 23.1. The molecule has 10 nitrogen and oxygen atoms in total. The van der Waals surface area contributed by atoms with Gasteiger partial charge >= 0.3 is 11.9 Å². The molecule has 4 rings (SSSR count). The molecule has 4 atom stereocenters. The van der Waals surface area contributed by atoms with Crippen molar-refractivity contribution in [2.24, 2.45) is 17.3 Å². The summed E-state index contributed by atoms with van der Waals surface area (Å²) < 4.78 is 12.0. The van der Waals surface area contributed by atoms with Crippen LogP contribution in [0.25, 0.3) is 10.4 Å². The van der Waals surface area contributed by atoms with Gasteiger partial charge in [-0.15, -0.1) is 11.3 Å². The number of rotatable bonds is 6. The summed E-state index contributed by atoms with van der Waals surface area (Å²) in [6, 6.07) is -0.408. The summed E-state index contributed by atoms with van der Waals surface area (Å²) in [5.74, 6) is -2.80. The Morgan fingerprint density at radius 2 is 1.94 bits per heavy atom. The van der Waals surface area contributed by atoms with Crippen molar-refractivity contribution in [1.82, 2.24) is 14.3 Å². The number of carbonyl (C=O) groups is 4. The van der Waals surface area contributed by atoms with Crippen molar-refractivity contribution >= 4 is 45.4 Å². The Kier molecular flexibility index (Phi) is 5.89. The van der Waals surface area contributed by atoms with Gasteiger partial charge in [0.2, 0.25) is 12.7 Å². The lowest BCUT2D eigenvalue weighted by atomic mass is 9.77. The van der Waals surface area contributed by atoms with E-state index in [0.29, 0.717) is 21.0 Å². The Labute approximate surface area is 200 Å². The van der Waals surface area contributed by atoms with Crippen molar-refractivity contribution in [2.75, 3.05) is 6.79 Å². The number of nitrogens with zero attached hydrogens (tertiary/aromatic N) is 3. The zero-order chi connectivity index (χ0) is 25.1. The average molecular weight is 490 g/mol. The first-order chi connectivity index (χ1) is 15.8. The number of aliphatic hydroxyl groups excluding tert-OH is 1. The summed E-state index contributed by atoms with van der Waals surface area (Å²) in [7, 11) is 0. The monoisotopic (exact) mass is 489 g/mol. The Morgan fingerprint density at radius 1 is 1.26 bits per heavy atom. The number of aliphatic hydroxyl groups is 1. The van der Waals surface area contributed by atoms with Crippen LogP contribution in [-0.2, 0) is 23.9 Å². The Balaban J connectivity index is 1.71. The number of hydrogen-bond donors (Lipinski definition) is 1. The van der Waals surface area contributed by atoms with Crippen LogP contribution in [0, 0.1) is 17.3 Å². The molecule has 1 saturated heterocycles. The highest BCUT2D eigenvalue weighted by molar-refractivity contribution is 7.18. The van der Waals surface area contributed by atoms with Gasteiger partial charge in [-0.3, -0.25) is 18.8 Å². The van der Waals surface area contributed by atoms with Gasteiger partial charge in [0.05, 0.1) is 28.4 Å². The maximum absolute atomic E-state index is 13.1. The Hall–Kier alpha value is -3.05. The van der Waals surface area contributed by atoms with Crippen LogP contribution >= 0.6 is 11.3 Å². The van der Waals surface area contributed by atoms with Crippen LogP contribution in [-0.4, -0.2) is 62.0 Å². The van der Waals surface area contributed by atoms with Gasteiger partial charge < -0.3 is 19.5 Å². The zero-order valence-corrected chi connectivity index (χ0v) is 20.6. The van der Waals surface area contributed by atoms with Gasteiger partial charge in [0, 0.05) is 24.6 Å². The van der Waals surface area contributed by atoms with E-state index in [1.54, 1.807) is 38.3 Å². The molecular weight excluding hydrogens is 462 g/mol. The van der Waals surface area contributed by atoms with E-state index in [2.05, 4.69) is 4.98 Å². The van der Waals surface area contributed by atoms with Crippen LogP contribution in [0.5, 0.6) is 0 Å². The minimum Gasteiger partial charge on any atom is -0.427 e. The first-order valence-corrected chi connectivity index (χ1v) is 11.7. The molecule has 0 bridgehead atoms. The second kappa shape index (κ2) is 8.31. The van der Waals surface area contributed by atoms with Crippen molar-refractivity contribution in [3.63, 3.8) is 0 Å². The minimum absolute atomic E-state index is 0.0630. The number of amides is 1. The van der Waals surface area contributed by atoms with Crippen LogP contribution in [0.3, 0.4) is 0 Å². The predicted molar refractivity (Wildman–Crippen MR) is 121 cm³/mol. The highest BCUT2D eigenvalue weighted by atomic mass is 32.1. The van der Waals surface area contributed by atoms with Crippen molar-refractivity contribution in [2.45, 2.75) is 53.7 Å². The number of β-lactam (4-membered cyclic amide) rings is 1. The highest BCUT2D eigenvalue weighted by Crippen LogP contribution is 2.51. The van der Waals surface area contributed by atoms with E-state index in [4.69, 9.17) is 9.47 Å². The summed E-state index contributed by atoms with van der Waals surface area (Å²) in [5.41, 5.74) is 0.204. The molecule has 2 aromatic heterocycles. The molecule has 0 spiro atoms. The van der Waals surface area contributed by atoms with Crippen LogP contribution in [0.1, 0.15) is 56.9 Å². The first kappa shape index (κ1) is 24.1. The van der Waals surface area contributed by atoms with Crippen LogP contribution in [0.2, 0.25) is 0 Å². The van der Waals surface area contributed by atoms with Crippen molar-refractivity contribution in [3.05, 3.63) is 28.8 Å². The van der Waals surface area contributed by atoms with E-state index in [1.165, 1.54) is 29.5 Å². The fraction of sp³-hybridized carbons (Fsp3) is 0.522. The summed E-state index contributed by atoms with van der Waals surface area (Å²) in [5, 5.41) is 10.2. The summed E-state index contributed by atoms with van der Waals surface area (Å²) in [6.45, 7) is 9.32. The highest BCUT2D eigenvalue weighted by Gasteiger charge is 2.60. The lowest BCUT2D eigenvalue weighted by Gasteiger charge is -2.46. The number of esters is 2. The van der Waals surface area contributed by atoms with Crippen LogP contribution in [0.15, 0.2) is 18.2 Å². The van der Waals surface area contributed by atoms with E-state index < -0.39 is 42.2 Å². The molecule has 2 aliphatic rings. The Bertz CT molecular complexity index is 1230. The standard InChI is InChI=1S/C23H27N3O7S/c1-10-14(13-7-25-8-24-16(12(3)28)20(25)34-13)18(26-17(10)15(11(2)27)19(26)29)21(30)32-9-33-22(31)23(4,5)6/h7-8,10-11,15,17,27H,9H2,1-6H3/t10-,11+,15+,17+/m0/s1. The lowest BCUT2D eigenvalue weighted by Crippen LogP contribution is -2.63. The minimum atomic E-state index is -0.881. The molecule has 1 amide bonds. The number of ketones is 1. The van der Waals surface area contributed by atoms with Gasteiger partial charge in [-0.25, -0.2) is 9.78 Å². The van der Waals surface area contributed by atoms with Gasteiger partial charge in [0.25, 0.3) is 0 Å². The molecule has 2 aromatic rings. The van der Waals surface area contributed by atoms with Gasteiger partial charge in [-0.1, -0.05) is 6.92 Å². The topological polar surface area (TPSA) is 128 Å². The number of aromatic nitrogens is 2. The van der Waals surface area contributed by atoms with Crippen LogP contribution in [0.4, 0.5) is 0 Å². The molecule has 34 heavy (non-hydrogen) atoms. The second-order valence-electron chi connectivity index (χ2n) is 9.70. The SMILES string of the molecule is CC(=O)c1ncn2cc(C3=C(C(=O)OCOC(=O)C(C)(C)C)N4C(=O)[C@H]([C@@H](C)O)[C@H]4[C@H]3C)sc12. The zero-order valence-electron chi connectivity index (χ0n) is 19.8. The third-order valence-electron chi connectivity index (χ3n) is 6.17. The number of ether oxygens (including phenoxy) is 2. The number of carbonyl (C=O) groups excluding carboxylic acids is 4. The molecule has 1 fully saturated rings. The predicted octanol–water partition coefficient (Wildman–Crippen LogP) is 2.26. The maximum Gasteiger partial charge on any atom is 0.358 e. The first-order valence-electron chi connectivity index (χ1n) is 10.9. The molecular formula is C23H27N3O7S. The molecule has 2 aliphatic heterocycles. The molecule has 0 unspecified atom stereocenters. The van der Waals surface area contributed by atoms with E-state index >= 15 is 0 Å². The molecule has 4 heterocycles. The molecule has 1 N–H and O–H groups in total. The lowest BCUT2D eigenvalue weighted by molar-refractivity contribution is -0.175. The van der Waals surface area contributed by atoms with E-state index in [9.17, 15) is 24.3 Å². The quantitative estimate of drug-likeness (QED) is 0.283. The molecule has 0 aromatic carbocycles. The average Bonchev–Trinajstić information content (AvgIpc) is 3.36. The largest absolute Gasteiger partial charge is 0.427 e. The summed E-state index contributed by atoms with van der Waals surface area (Å²) in [4.78, 5) is 56.8. The van der Waals surface area contributed by atoms with Gasteiger partial charge in [0.15, 0.2) is 5.78 Å². The van der Waals surface area contributed by atoms with Crippen molar-refractivity contribution in [3.8, 4) is 0 Å². The third-order valence-corrected chi connectivity index (χ3v) is 7.31. The smallest absolute Gasteiger partial charge is 0.358 e. The van der Waals surface area contributed by atoms with Gasteiger partial charge in [-0.05, 0) is 27.7 Å².